The van der Waals surface area contributed by atoms with E-state index in [1.807, 2.05) is 26.0 Å². The molecule has 0 aliphatic carbocycles. The largest absolute Gasteiger partial charge is 0.486 e. The molecule has 0 saturated heterocycles. The maximum absolute atomic E-state index is 12.2. The lowest BCUT2D eigenvalue weighted by Crippen LogP contribution is -2.27. The van der Waals surface area contributed by atoms with E-state index in [1.54, 1.807) is 0 Å². The second-order valence-corrected chi connectivity index (χ2v) is 9.11. The molecule has 3 aromatic rings. The highest BCUT2D eigenvalue weighted by Crippen LogP contribution is 2.19. The number of amides is 1. The Morgan fingerprint density at radius 1 is 1.12 bits per heavy atom. The van der Waals surface area contributed by atoms with Gasteiger partial charge in [0.1, 0.15) is 12.4 Å². The molecule has 2 aromatic carbocycles. The standard InChI is InChI=1S/C24H31N5O2S/c1-16(2)20-7-5-19(6-8-20)9-10-26-23(30)15-32-24-28-27-22(29(24)25)14-31-21-12-17(3)11-18(4)13-21/h5-8,11-13,16H,9-10,14-15,25H2,1-4H3,(H,26,30). The molecule has 0 fully saturated rings. The van der Waals surface area contributed by atoms with Crippen LogP contribution < -0.4 is 15.9 Å². The van der Waals surface area contributed by atoms with Crippen molar-refractivity contribution >= 4 is 17.7 Å². The predicted octanol–water partition coefficient (Wildman–Crippen LogP) is 3.76. The van der Waals surface area contributed by atoms with Crippen molar-refractivity contribution in [3.63, 3.8) is 0 Å². The highest BCUT2D eigenvalue weighted by Gasteiger charge is 2.13. The maximum atomic E-state index is 12.2. The minimum Gasteiger partial charge on any atom is -0.486 e. The number of nitrogens with one attached hydrogen (secondary N) is 1. The zero-order valence-electron chi connectivity index (χ0n) is 19.1. The van der Waals surface area contributed by atoms with E-state index >= 15 is 0 Å². The number of aryl methyl sites for hydroxylation is 2. The van der Waals surface area contributed by atoms with E-state index in [2.05, 4.69) is 59.7 Å². The molecule has 0 saturated carbocycles. The molecule has 1 aromatic heterocycles. The van der Waals surface area contributed by atoms with Crippen LogP contribution in [0.1, 0.15) is 47.8 Å². The number of nitrogen functional groups attached to an aromatic ring is 1. The number of nitrogens with two attached hydrogens (primary N) is 1. The molecule has 0 unspecified atom stereocenters. The summed E-state index contributed by atoms with van der Waals surface area (Å²) >= 11 is 1.25. The number of carbonyl (C=O) groups excluding carboxylic acids is 1. The Morgan fingerprint density at radius 2 is 1.81 bits per heavy atom. The van der Waals surface area contributed by atoms with Crippen molar-refractivity contribution < 1.29 is 9.53 Å². The minimum atomic E-state index is -0.0650. The summed E-state index contributed by atoms with van der Waals surface area (Å²) in [6.07, 6.45) is 0.793. The van der Waals surface area contributed by atoms with Gasteiger partial charge in [-0.05, 0) is 60.6 Å². The SMILES string of the molecule is Cc1cc(C)cc(OCc2nnc(SCC(=O)NCCc3ccc(C(C)C)cc3)n2N)c1. The van der Waals surface area contributed by atoms with Crippen molar-refractivity contribution in [3.8, 4) is 5.75 Å². The van der Waals surface area contributed by atoms with Crippen LogP contribution in [-0.4, -0.2) is 33.1 Å². The van der Waals surface area contributed by atoms with Crippen LogP contribution in [0.25, 0.3) is 0 Å². The van der Waals surface area contributed by atoms with E-state index in [4.69, 9.17) is 10.6 Å². The zero-order chi connectivity index (χ0) is 23.1. The van der Waals surface area contributed by atoms with Gasteiger partial charge < -0.3 is 15.9 Å². The van der Waals surface area contributed by atoms with Crippen LogP contribution in [0.5, 0.6) is 5.75 Å². The van der Waals surface area contributed by atoms with E-state index in [-0.39, 0.29) is 18.3 Å². The lowest BCUT2D eigenvalue weighted by Gasteiger charge is -2.09. The number of hydrogen-bond donors (Lipinski definition) is 2. The van der Waals surface area contributed by atoms with Crippen LogP contribution in [0.4, 0.5) is 0 Å². The first-order chi connectivity index (χ1) is 15.3. The lowest BCUT2D eigenvalue weighted by molar-refractivity contribution is -0.118. The Labute approximate surface area is 193 Å². The van der Waals surface area contributed by atoms with Crippen LogP contribution >= 0.6 is 11.8 Å². The number of benzene rings is 2. The molecule has 0 aliphatic heterocycles. The molecular weight excluding hydrogens is 422 g/mol. The number of carbonyl (C=O) groups is 1. The van der Waals surface area contributed by atoms with Crippen molar-refractivity contribution in [3.05, 3.63) is 70.5 Å². The van der Waals surface area contributed by atoms with E-state index < -0.39 is 0 Å². The first-order valence-corrected chi connectivity index (χ1v) is 11.7. The third kappa shape index (κ3) is 6.75. The molecule has 3 N–H and O–H groups in total. The predicted molar refractivity (Wildman–Crippen MR) is 128 cm³/mol. The number of hydrogen-bond acceptors (Lipinski definition) is 6. The molecule has 7 nitrogen and oxygen atoms in total. The van der Waals surface area contributed by atoms with E-state index in [0.29, 0.717) is 23.4 Å². The summed E-state index contributed by atoms with van der Waals surface area (Å²) in [7, 11) is 0. The first kappa shape index (κ1) is 23.7. The van der Waals surface area contributed by atoms with Gasteiger partial charge >= 0.3 is 0 Å². The van der Waals surface area contributed by atoms with Gasteiger partial charge in [-0.15, -0.1) is 10.2 Å². The summed E-state index contributed by atoms with van der Waals surface area (Å²) in [5, 5.41) is 11.6. The van der Waals surface area contributed by atoms with Crippen molar-refractivity contribution in [2.45, 2.75) is 51.8 Å². The van der Waals surface area contributed by atoms with Crippen LogP contribution in [0.3, 0.4) is 0 Å². The van der Waals surface area contributed by atoms with E-state index in [9.17, 15) is 4.79 Å². The number of aromatic nitrogens is 3. The Bertz CT molecular complexity index is 1030. The maximum Gasteiger partial charge on any atom is 0.230 e. The zero-order valence-corrected chi connectivity index (χ0v) is 19.9. The summed E-state index contributed by atoms with van der Waals surface area (Å²) in [4.78, 5) is 12.2. The summed E-state index contributed by atoms with van der Waals surface area (Å²) in [6.45, 7) is 9.19. The van der Waals surface area contributed by atoms with Gasteiger partial charge in [0, 0.05) is 6.54 Å². The number of thioether (sulfide) groups is 1. The third-order valence-electron chi connectivity index (χ3n) is 5.01. The molecule has 0 aliphatic rings. The number of nitrogens with zero attached hydrogens (tertiary/aromatic N) is 3. The third-order valence-corrected chi connectivity index (χ3v) is 5.96. The normalized spacial score (nSPS) is 11.0. The quantitative estimate of drug-likeness (QED) is 0.358. The summed E-state index contributed by atoms with van der Waals surface area (Å²) in [6, 6.07) is 14.5. The summed E-state index contributed by atoms with van der Waals surface area (Å²) in [5.74, 6) is 8.02. The van der Waals surface area contributed by atoms with Crippen molar-refractivity contribution in [2.24, 2.45) is 0 Å². The average molecular weight is 454 g/mol. The van der Waals surface area contributed by atoms with Gasteiger partial charge in [0.05, 0.1) is 5.75 Å². The van der Waals surface area contributed by atoms with E-state index in [1.165, 1.54) is 27.6 Å². The molecule has 8 heteroatoms. The second-order valence-electron chi connectivity index (χ2n) is 8.17. The molecule has 32 heavy (non-hydrogen) atoms. The smallest absolute Gasteiger partial charge is 0.230 e. The molecule has 0 radical (unpaired) electrons. The fraction of sp³-hybridized carbons (Fsp3) is 0.375. The molecule has 0 spiro atoms. The van der Waals surface area contributed by atoms with Crippen LogP contribution in [0, 0.1) is 13.8 Å². The second kappa shape index (κ2) is 11.0. The lowest BCUT2D eigenvalue weighted by atomic mass is 10.0. The molecule has 3 rings (SSSR count). The van der Waals surface area contributed by atoms with Gasteiger partial charge in [-0.25, -0.2) is 4.68 Å². The molecular formula is C24H31N5O2S. The highest BCUT2D eigenvalue weighted by atomic mass is 32.2. The fourth-order valence-corrected chi connectivity index (χ4v) is 3.97. The van der Waals surface area contributed by atoms with Gasteiger partial charge in [-0.1, -0.05) is 55.9 Å². The first-order valence-electron chi connectivity index (χ1n) is 10.7. The monoisotopic (exact) mass is 453 g/mol. The Morgan fingerprint density at radius 3 is 2.47 bits per heavy atom. The van der Waals surface area contributed by atoms with Crippen molar-refractivity contribution in [2.75, 3.05) is 18.1 Å². The Balaban J connectivity index is 1.42. The molecule has 0 bridgehead atoms. The summed E-state index contributed by atoms with van der Waals surface area (Å²) < 4.78 is 7.17. The fourth-order valence-electron chi connectivity index (χ4n) is 3.26. The Kier molecular flexibility index (Phi) is 8.16. The van der Waals surface area contributed by atoms with Crippen molar-refractivity contribution in [1.29, 1.82) is 0 Å². The topological polar surface area (TPSA) is 95.1 Å². The Hall–Kier alpha value is -3.00. The van der Waals surface area contributed by atoms with Gasteiger partial charge in [-0.2, -0.15) is 0 Å². The molecule has 170 valence electrons. The van der Waals surface area contributed by atoms with Crippen molar-refractivity contribution in [1.82, 2.24) is 20.2 Å². The van der Waals surface area contributed by atoms with Gasteiger partial charge in [0.25, 0.3) is 0 Å². The minimum absolute atomic E-state index is 0.0650. The van der Waals surface area contributed by atoms with Gasteiger partial charge in [0.15, 0.2) is 5.82 Å². The van der Waals surface area contributed by atoms with Crippen LogP contribution in [0.15, 0.2) is 47.6 Å². The number of rotatable bonds is 10. The molecule has 0 atom stereocenters. The van der Waals surface area contributed by atoms with E-state index in [0.717, 1.165) is 23.3 Å². The van der Waals surface area contributed by atoms with Crippen LogP contribution in [-0.2, 0) is 17.8 Å². The van der Waals surface area contributed by atoms with Gasteiger partial charge in [-0.3, -0.25) is 4.79 Å². The highest BCUT2D eigenvalue weighted by molar-refractivity contribution is 7.99. The number of ether oxygens (including phenoxy) is 1. The molecule has 1 amide bonds. The van der Waals surface area contributed by atoms with Gasteiger partial charge in [0.2, 0.25) is 11.1 Å². The molecule has 1 heterocycles. The van der Waals surface area contributed by atoms with Crippen LogP contribution in [0.2, 0.25) is 0 Å². The average Bonchev–Trinajstić information content (AvgIpc) is 3.10. The summed E-state index contributed by atoms with van der Waals surface area (Å²) in [5.41, 5.74) is 4.78.